The predicted molar refractivity (Wildman–Crippen MR) is 115 cm³/mol. The van der Waals surface area contributed by atoms with Gasteiger partial charge in [0.05, 0.1) is 0 Å². The van der Waals surface area contributed by atoms with E-state index in [9.17, 15) is 4.79 Å². The van der Waals surface area contributed by atoms with Crippen molar-refractivity contribution in [1.29, 1.82) is 0 Å². The Bertz CT molecular complexity index is 740. The lowest BCUT2D eigenvalue weighted by Crippen LogP contribution is -2.56. The van der Waals surface area contributed by atoms with Gasteiger partial charge in [-0.2, -0.15) is 0 Å². The lowest BCUT2D eigenvalue weighted by Gasteiger charge is -2.48. The third-order valence-electron chi connectivity index (χ3n) is 6.28. The lowest BCUT2D eigenvalue weighted by molar-refractivity contribution is -0.159. The normalized spacial score (nSPS) is 28.7. The third kappa shape index (κ3) is 5.76. The Kier molecular flexibility index (Phi) is 7.93. The molecule has 2 fully saturated rings. The summed E-state index contributed by atoms with van der Waals surface area (Å²) in [6.45, 7) is 6.69. The minimum absolute atomic E-state index is 0.0486. The van der Waals surface area contributed by atoms with Gasteiger partial charge in [-0.3, -0.25) is 9.69 Å². The Morgan fingerprint density at radius 1 is 1.10 bits per heavy atom. The van der Waals surface area contributed by atoms with Crippen molar-refractivity contribution < 1.29 is 29.3 Å². The zero-order chi connectivity index (χ0) is 22.5. The number of hydrogen-bond acceptors (Lipinski definition) is 6. The third-order valence-corrected chi connectivity index (χ3v) is 7.63. The molecular formula is C22H31NO6S. The molecule has 2 saturated heterocycles. The summed E-state index contributed by atoms with van der Waals surface area (Å²) in [6, 6.07) is 10.1. The van der Waals surface area contributed by atoms with Crippen LogP contribution in [0.3, 0.4) is 0 Å². The van der Waals surface area contributed by atoms with E-state index in [4.69, 9.17) is 24.5 Å². The zero-order valence-electron chi connectivity index (χ0n) is 18.0. The van der Waals surface area contributed by atoms with Crippen LogP contribution in [0.2, 0.25) is 0 Å². The van der Waals surface area contributed by atoms with Crippen LogP contribution in [0.5, 0.6) is 0 Å². The van der Waals surface area contributed by atoms with Gasteiger partial charge >= 0.3 is 17.9 Å². The van der Waals surface area contributed by atoms with E-state index in [0.29, 0.717) is 0 Å². The molecule has 2 N–H and O–H groups in total. The fraction of sp³-hybridized carbons (Fsp3) is 0.591. The summed E-state index contributed by atoms with van der Waals surface area (Å²) < 4.78 is 5.99. The molecule has 7 nitrogen and oxygen atoms in total. The van der Waals surface area contributed by atoms with Gasteiger partial charge in [-0.1, -0.05) is 25.1 Å². The van der Waals surface area contributed by atoms with Crippen molar-refractivity contribution in [3.05, 3.63) is 30.3 Å². The van der Waals surface area contributed by atoms with E-state index >= 15 is 0 Å². The van der Waals surface area contributed by atoms with Crippen molar-refractivity contribution >= 4 is 29.7 Å². The van der Waals surface area contributed by atoms with E-state index in [-0.39, 0.29) is 28.4 Å². The first-order chi connectivity index (χ1) is 14.0. The summed E-state index contributed by atoms with van der Waals surface area (Å²) >= 11 is 1.62. The van der Waals surface area contributed by atoms with E-state index < -0.39 is 11.9 Å². The van der Waals surface area contributed by atoms with E-state index in [1.807, 2.05) is 18.2 Å². The molecule has 30 heavy (non-hydrogen) atoms. The molecule has 3 rings (SSSR count). The Balaban J connectivity index is 0.000000469. The maximum absolute atomic E-state index is 12.7. The van der Waals surface area contributed by atoms with Crippen molar-refractivity contribution in [3.8, 4) is 0 Å². The first kappa shape index (κ1) is 24.2. The number of benzene rings is 1. The summed E-state index contributed by atoms with van der Waals surface area (Å²) in [5.74, 6) is -3.70. The molecule has 0 amide bonds. The molecule has 0 saturated carbocycles. The monoisotopic (exact) mass is 437 g/mol. The maximum atomic E-state index is 12.7. The van der Waals surface area contributed by atoms with E-state index in [1.54, 1.807) is 11.8 Å². The topological polar surface area (TPSA) is 104 Å². The quantitative estimate of drug-likeness (QED) is 0.409. The smallest absolute Gasteiger partial charge is 0.414 e. The molecule has 1 aromatic rings. The molecular weight excluding hydrogens is 406 g/mol. The van der Waals surface area contributed by atoms with Crippen LogP contribution < -0.4 is 0 Å². The molecule has 2 unspecified atom stereocenters. The van der Waals surface area contributed by atoms with Crippen molar-refractivity contribution in [2.45, 2.75) is 80.2 Å². The van der Waals surface area contributed by atoms with E-state index in [2.05, 4.69) is 44.9 Å². The number of hydrogen-bond donors (Lipinski definition) is 2. The predicted octanol–water partition coefficient (Wildman–Crippen LogP) is 3.66. The Labute approximate surface area is 181 Å². The molecule has 0 aliphatic carbocycles. The molecule has 2 bridgehead atoms. The Hall–Kier alpha value is -2.06. The number of carboxylic acids is 2. The summed E-state index contributed by atoms with van der Waals surface area (Å²) in [5, 5.41) is 14.7. The number of fused-ring (bicyclic) bond motifs is 2. The van der Waals surface area contributed by atoms with Crippen LogP contribution in [0.25, 0.3) is 0 Å². The Morgan fingerprint density at radius 2 is 1.60 bits per heavy atom. The van der Waals surface area contributed by atoms with E-state index in [1.165, 1.54) is 12.8 Å². The summed E-state index contributed by atoms with van der Waals surface area (Å²) in [5.41, 5.74) is 0.346. The minimum Gasteiger partial charge on any atom is -0.473 e. The van der Waals surface area contributed by atoms with Crippen LogP contribution in [-0.2, 0) is 19.1 Å². The second kappa shape index (κ2) is 9.83. The Morgan fingerprint density at radius 3 is 2.03 bits per heavy atom. The number of ether oxygens (including phenoxy) is 1. The van der Waals surface area contributed by atoms with Crippen molar-refractivity contribution in [3.63, 3.8) is 0 Å². The van der Waals surface area contributed by atoms with Crippen LogP contribution in [0.4, 0.5) is 0 Å². The number of carbonyl (C=O) groups is 3. The van der Waals surface area contributed by atoms with Gasteiger partial charge in [-0.25, -0.2) is 9.59 Å². The SMILES string of the molecule is CCC(Sc1ccccc1)C(=O)OC1C[C@]2(C)CC[C@](C)(C1)N2C.O=C(O)C(=O)O. The number of rotatable bonds is 5. The molecule has 0 aromatic heterocycles. The average molecular weight is 438 g/mol. The van der Waals surface area contributed by atoms with Crippen LogP contribution >= 0.6 is 11.8 Å². The standard InChI is InChI=1S/C20H29NO2S.C2H2O4/c1-5-17(24-16-9-7-6-8-10-16)18(22)23-15-13-19(2)11-12-20(3,14-15)21(19)4;3-1(4)2(5)6/h6-10,15,17H,5,11-14H2,1-4H3;(H,3,4)(H,5,6)/t15?,17?,19-,20+;. The number of thioether (sulfide) groups is 1. The van der Waals surface area contributed by atoms with Gasteiger partial charge in [0, 0.05) is 28.8 Å². The first-order valence-corrected chi connectivity index (χ1v) is 11.0. The van der Waals surface area contributed by atoms with Crippen LogP contribution in [0.15, 0.2) is 35.2 Å². The van der Waals surface area contributed by atoms with Gasteiger partial charge in [0.25, 0.3) is 0 Å². The van der Waals surface area contributed by atoms with Gasteiger partial charge in [0.2, 0.25) is 0 Å². The largest absolute Gasteiger partial charge is 0.473 e. The van der Waals surface area contributed by atoms with Gasteiger partial charge in [-0.05, 0) is 52.3 Å². The molecule has 1 aromatic carbocycles. The summed E-state index contributed by atoms with van der Waals surface area (Å²) in [6.07, 6.45) is 5.15. The fourth-order valence-corrected chi connectivity index (χ4v) is 5.30. The maximum Gasteiger partial charge on any atom is 0.414 e. The highest BCUT2D eigenvalue weighted by Gasteiger charge is 2.54. The van der Waals surface area contributed by atoms with Crippen molar-refractivity contribution in [2.75, 3.05) is 7.05 Å². The lowest BCUT2D eigenvalue weighted by atomic mass is 9.84. The highest BCUT2D eigenvalue weighted by molar-refractivity contribution is 8.00. The number of carbonyl (C=O) groups excluding carboxylic acids is 1. The average Bonchev–Trinajstić information content (AvgIpc) is 2.83. The van der Waals surface area contributed by atoms with Crippen molar-refractivity contribution in [1.82, 2.24) is 4.90 Å². The highest BCUT2D eigenvalue weighted by Crippen LogP contribution is 2.50. The number of piperidine rings is 1. The number of esters is 1. The van der Waals surface area contributed by atoms with Gasteiger partial charge in [-0.15, -0.1) is 11.8 Å². The molecule has 0 radical (unpaired) electrons. The van der Waals surface area contributed by atoms with Gasteiger partial charge < -0.3 is 14.9 Å². The molecule has 2 aliphatic heterocycles. The summed E-state index contributed by atoms with van der Waals surface area (Å²) in [7, 11) is 2.23. The van der Waals surface area contributed by atoms with Crippen LogP contribution in [0, 0.1) is 0 Å². The number of nitrogens with zero attached hydrogens (tertiary/aromatic N) is 1. The van der Waals surface area contributed by atoms with Crippen molar-refractivity contribution in [2.24, 2.45) is 0 Å². The molecule has 0 spiro atoms. The molecule has 2 heterocycles. The second-order valence-electron chi connectivity index (χ2n) is 8.46. The number of carboxylic acid groups (broad SMARTS) is 2. The second-order valence-corrected chi connectivity index (χ2v) is 9.73. The minimum atomic E-state index is -1.82. The van der Waals surface area contributed by atoms with Gasteiger partial charge in [0.1, 0.15) is 11.4 Å². The van der Waals surface area contributed by atoms with E-state index in [0.717, 1.165) is 24.2 Å². The number of aliphatic carboxylic acids is 2. The molecule has 166 valence electrons. The highest BCUT2D eigenvalue weighted by atomic mass is 32.2. The molecule has 4 atom stereocenters. The fourth-order valence-electron chi connectivity index (χ4n) is 4.34. The summed E-state index contributed by atoms with van der Waals surface area (Å²) in [4.78, 5) is 34.6. The first-order valence-electron chi connectivity index (χ1n) is 10.1. The zero-order valence-corrected chi connectivity index (χ0v) is 18.8. The van der Waals surface area contributed by atoms with Crippen LogP contribution in [-0.4, -0.2) is 62.5 Å². The van der Waals surface area contributed by atoms with Gasteiger partial charge in [0.15, 0.2) is 0 Å². The molecule has 2 aliphatic rings. The molecule has 8 heteroatoms. The van der Waals surface area contributed by atoms with Crippen LogP contribution in [0.1, 0.15) is 52.9 Å².